The number of carbonyl (C=O) groups excluding carboxylic acids is 2. The number of aromatic nitrogens is 2. The predicted octanol–water partition coefficient (Wildman–Crippen LogP) is 7.85. The lowest BCUT2D eigenvalue weighted by Crippen LogP contribution is -2.29. The van der Waals surface area contributed by atoms with E-state index in [0.29, 0.717) is 75.7 Å². The van der Waals surface area contributed by atoms with E-state index in [1.807, 2.05) is 31.2 Å². The van der Waals surface area contributed by atoms with Gasteiger partial charge in [-0.15, -0.1) is 10.2 Å². The Labute approximate surface area is 291 Å². The Balaban J connectivity index is 1.40. The number of carbonyl (C=O) groups is 2. The molecular formula is C35H34ClN3O7S2. The summed E-state index contributed by atoms with van der Waals surface area (Å²) in [6.07, 6.45) is 3.00. The van der Waals surface area contributed by atoms with Crippen molar-refractivity contribution in [3.63, 3.8) is 0 Å². The van der Waals surface area contributed by atoms with Crippen LogP contribution in [0.25, 0.3) is 5.76 Å². The molecule has 2 aliphatic heterocycles. The molecule has 13 heteroatoms. The van der Waals surface area contributed by atoms with Crippen molar-refractivity contribution in [1.82, 2.24) is 10.2 Å². The molecule has 0 saturated carbocycles. The second-order valence-electron chi connectivity index (χ2n) is 11.0. The first-order valence-corrected chi connectivity index (χ1v) is 17.9. The number of hydrogen-bond donors (Lipinski definition) is 1. The first kappa shape index (κ1) is 33.6. The van der Waals surface area contributed by atoms with Gasteiger partial charge in [0, 0.05) is 16.3 Å². The van der Waals surface area contributed by atoms with Gasteiger partial charge in [0.25, 0.3) is 5.78 Å². The van der Waals surface area contributed by atoms with E-state index in [0.717, 1.165) is 24.8 Å². The molecule has 0 spiro atoms. The Bertz CT molecular complexity index is 1850. The molecule has 0 radical (unpaired) electrons. The van der Waals surface area contributed by atoms with Crippen LogP contribution in [-0.4, -0.2) is 53.4 Å². The van der Waals surface area contributed by atoms with Gasteiger partial charge in [-0.3, -0.25) is 14.5 Å². The number of ether oxygens (including phenoxy) is 4. The molecule has 2 aliphatic rings. The van der Waals surface area contributed by atoms with E-state index < -0.39 is 17.7 Å². The maximum atomic E-state index is 13.8. The van der Waals surface area contributed by atoms with E-state index in [-0.39, 0.29) is 16.5 Å². The van der Waals surface area contributed by atoms with Crippen molar-refractivity contribution in [1.29, 1.82) is 0 Å². The van der Waals surface area contributed by atoms with Crippen molar-refractivity contribution >= 4 is 57.3 Å². The third-order valence-corrected chi connectivity index (χ3v) is 10.2. The van der Waals surface area contributed by atoms with Crippen molar-refractivity contribution in [2.75, 3.05) is 31.3 Å². The number of rotatable bonds is 13. The zero-order valence-electron chi connectivity index (χ0n) is 26.4. The van der Waals surface area contributed by atoms with Gasteiger partial charge in [-0.25, -0.2) is 0 Å². The number of unbranched alkanes of at least 4 members (excludes halogenated alkanes) is 2. The molecule has 1 atom stereocenters. The average molecular weight is 708 g/mol. The maximum Gasteiger partial charge on any atom is 0.301 e. The Kier molecular flexibility index (Phi) is 10.7. The van der Waals surface area contributed by atoms with E-state index in [2.05, 4.69) is 17.1 Å². The number of aliphatic hydroxyl groups is 1. The lowest BCUT2D eigenvalue weighted by molar-refractivity contribution is -0.132. The van der Waals surface area contributed by atoms with Crippen molar-refractivity contribution in [2.45, 2.75) is 49.2 Å². The minimum absolute atomic E-state index is 0.101. The number of benzene rings is 3. The molecule has 0 bridgehead atoms. The Morgan fingerprint density at radius 3 is 2.60 bits per heavy atom. The zero-order valence-corrected chi connectivity index (χ0v) is 28.8. The molecule has 10 nitrogen and oxygen atoms in total. The molecule has 6 rings (SSSR count). The van der Waals surface area contributed by atoms with Gasteiger partial charge in [0.15, 0.2) is 27.3 Å². The molecule has 1 saturated heterocycles. The van der Waals surface area contributed by atoms with Gasteiger partial charge in [0.1, 0.15) is 19.0 Å². The highest BCUT2D eigenvalue weighted by molar-refractivity contribution is 8.00. The van der Waals surface area contributed by atoms with Crippen molar-refractivity contribution < 1.29 is 33.6 Å². The smallest absolute Gasteiger partial charge is 0.301 e. The van der Waals surface area contributed by atoms with Gasteiger partial charge >= 0.3 is 5.91 Å². The SMILES string of the molecule is CCCCCOc1ccc([C@H]2/C(=C(\O)c3ccc4c(c3)OCCO4)C(=O)C(=O)N2c2nnc(SCc3ccccc3Cl)s2)cc1OCC. The molecule has 4 aromatic rings. The number of nitrogens with zero attached hydrogens (tertiary/aromatic N) is 3. The molecule has 1 fully saturated rings. The number of aliphatic hydroxyl groups excluding tert-OH is 1. The highest BCUT2D eigenvalue weighted by Gasteiger charge is 2.48. The number of ketones is 1. The first-order valence-electron chi connectivity index (χ1n) is 15.7. The van der Waals surface area contributed by atoms with Gasteiger partial charge in [0.05, 0.1) is 24.8 Å². The van der Waals surface area contributed by atoms with Crippen LogP contribution in [0.15, 0.2) is 70.6 Å². The fourth-order valence-corrected chi connectivity index (χ4v) is 7.57. The highest BCUT2D eigenvalue weighted by Crippen LogP contribution is 2.46. The number of anilines is 1. The van der Waals surface area contributed by atoms with Crippen LogP contribution >= 0.6 is 34.7 Å². The monoisotopic (exact) mass is 707 g/mol. The third-order valence-electron chi connectivity index (χ3n) is 7.76. The summed E-state index contributed by atoms with van der Waals surface area (Å²) < 4.78 is 23.9. The Morgan fingerprint density at radius 1 is 1.00 bits per heavy atom. The Morgan fingerprint density at radius 2 is 1.81 bits per heavy atom. The van der Waals surface area contributed by atoms with Crippen LogP contribution in [0.1, 0.15) is 55.8 Å². The second-order valence-corrected chi connectivity index (χ2v) is 13.5. The molecule has 250 valence electrons. The van der Waals surface area contributed by atoms with Crippen LogP contribution in [0.2, 0.25) is 5.02 Å². The molecular weight excluding hydrogens is 674 g/mol. The predicted molar refractivity (Wildman–Crippen MR) is 186 cm³/mol. The molecule has 48 heavy (non-hydrogen) atoms. The van der Waals surface area contributed by atoms with Gasteiger partial charge in [-0.1, -0.05) is 78.7 Å². The lowest BCUT2D eigenvalue weighted by Gasteiger charge is -2.24. The van der Waals surface area contributed by atoms with E-state index in [1.54, 1.807) is 36.4 Å². The van der Waals surface area contributed by atoms with Crippen LogP contribution in [-0.2, 0) is 15.3 Å². The summed E-state index contributed by atoms with van der Waals surface area (Å²) in [5.74, 6) is 0.470. The van der Waals surface area contributed by atoms with Crippen LogP contribution in [0, 0.1) is 0 Å². The van der Waals surface area contributed by atoms with Gasteiger partial charge in [-0.2, -0.15) is 0 Å². The standard InChI is InChI=1S/C35H34ClN3O7S2/c1-3-5-8-15-44-25-13-11-21(18-27(25)43-4-2)30-29(31(40)22-12-14-26-28(19-22)46-17-16-45-26)32(41)33(42)39(30)34-37-38-35(48-34)47-20-23-9-6-7-10-24(23)36/h6-7,9-14,18-19,30,40H,3-5,8,15-17,20H2,1-2H3/b31-29+/t30-/m0/s1. The molecule has 1 N–H and O–H groups in total. The highest BCUT2D eigenvalue weighted by atomic mass is 35.5. The van der Waals surface area contributed by atoms with Gasteiger partial charge in [-0.05, 0) is 60.9 Å². The van der Waals surface area contributed by atoms with Crippen LogP contribution in [0.5, 0.6) is 23.0 Å². The number of amides is 1. The topological polar surface area (TPSA) is 120 Å². The molecule has 3 heterocycles. The summed E-state index contributed by atoms with van der Waals surface area (Å²) in [5, 5.41) is 21.2. The van der Waals surface area contributed by atoms with Crippen LogP contribution < -0.4 is 23.8 Å². The zero-order chi connectivity index (χ0) is 33.6. The Hall–Kier alpha value is -4.26. The third kappa shape index (κ3) is 7.11. The molecule has 0 aliphatic carbocycles. The van der Waals surface area contributed by atoms with Gasteiger partial charge < -0.3 is 24.1 Å². The summed E-state index contributed by atoms with van der Waals surface area (Å²) in [6, 6.07) is 16.7. The summed E-state index contributed by atoms with van der Waals surface area (Å²) in [5.41, 5.74) is 1.66. The molecule has 1 aromatic heterocycles. The quantitative estimate of drug-likeness (QED) is 0.0367. The minimum atomic E-state index is -1.04. The fraction of sp³-hybridized carbons (Fsp3) is 0.314. The average Bonchev–Trinajstić information content (AvgIpc) is 3.67. The molecule has 0 unspecified atom stereocenters. The number of fused-ring (bicyclic) bond motifs is 1. The van der Waals surface area contributed by atoms with Crippen molar-refractivity contribution in [2.24, 2.45) is 0 Å². The fourth-order valence-electron chi connectivity index (χ4n) is 5.42. The van der Waals surface area contributed by atoms with E-state index in [4.69, 9.17) is 30.5 Å². The van der Waals surface area contributed by atoms with Crippen LogP contribution in [0.3, 0.4) is 0 Å². The largest absolute Gasteiger partial charge is 0.507 e. The second kappa shape index (κ2) is 15.3. The summed E-state index contributed by atoms with van der Waals surface area (Å²) in [4.78, 5) is 28.9. The summed E-state index contributed by atoms with van der Waals surface area (Å²) in [6.45, 7) is 5.64. The van der Waals surface area contributed by atoms with Crippen molar-refractivity contribution in [3.8, 4) is 23.0 Å². The van der Waals surface area contributed by atoms with Gasteiger partial charge in [0.2, 0.25) is 5.13 Å². The van der Waals surface area contributed by atoms with Crippen molar-refractivity contribution in [3.05, 3.63) is 87.9 Å². The minimum Gasteiger partial charge on any atom is -0.507 e. The molecule has 3 aromatic carbocycles. The number of Topliss-reactive ketones (excluding diaryl/α,β-unsaturated/α-hetero) is 1. The first-order chi connectivity index (χ1) is 23.4. The van der Waals surface area contributed by atoms with Crippen LogP contribution in [0.4, 0.5) is 5.13 Å². The normalized spacial score (nSPS) is 16.7. The summed E-state index contributed by atoms with van der Waals surface area (Å²) in [7, 11) is 0. The number of thioether (sulfide) groups is 1. The number of halogens is 1. The molecule has 1 amide bonds. The van der Waals surface area contributed by atoms with E-state index in [9.17, 15) is 14.7 Å². The number of hydrogen-bond acceptors (Lipinski definition) is 11. The lowest BCUT2D eigenvalue weighted by atomic mass is 9.95. The maximum absolute atomic E-state index is 13.8. The van der Waals surface area contributed by atoms with E-state index in [1.165, 1.54) is 28.0 Å². The van der Waals surface area contributed by atoms with E-state index >= 15 is 0 Å². The summed E-state index contributed by atoms with van der Waals surface area (Å²) >= 11 is 8.94.